The van der Waals surface area contributed by atoms with E-state index in [0.29, 0.717) is 57.3 Å². The predicted octanol–water partition coefficient (Wildman–Crippen LogP) is 6.98. The second kappa shape index (κ2) is 37.1. The Morgan fingerprint density at radius 3 is 1.87 bits per heavy atom. The van der Waals surface area contributed by atoms with Crippen molar-refractivity contribution in [2.45, 2.75) is 288 Å². The van der Waals surface area contributed by atoms with Crippen molar-refractivity contribution in [1.82, 2.24) is 60.0 Å². The number of alkyl halides is 5. The van der Waals surface area contributed by atoms with Crippen LogP contribution in [0, 0.1) is 46.8 Å². The van der Waals surface area contributed by atoms with Gasteiger partial charge in [0.1, 0.15) is 78.7 Å². The van der Waals surface area contributed by atoms with Gasteiger partial charge in [-0.3, -0.25) is 57.5 Å². The highest BCUT2D eigenvalue weighted by molar-refractivity contribution is 6.01. The molecule has 0 radical (unpaired) electrons. The molecule has 30 heteroatoms. The van der Waals surface area contributed by atoms with Gasteiger partial charge in [-0.05, 0) is 138 Å². The third-order valence-electron chi connectivity index (χ3n) is 24.9. The fraction of sp³-hybridized carbons (Fsp3) is 0.823. The lowest BCUT2D eigenvalue weighted by Gasteiger charge is -2.54. The van der Waals surface area contributed by atoms with Gasteiger partial charge in [0.2, 0.25) is 70.9 Å². The molecule has 0 aromatic carbocycles. The largest absolute Gasteiger partial charge is 0.397 e. The molecule has 3 aliphatic heterocycles. The molecule has 0 aromatic rings. The van der Waals surface area contributed by atoms with Gasteiger partial charge >= 0.3 is 6.18 Å². The van der Waals surface area contributed by atoms with Crippen molar-refractivity contribution in [1.29, 1.82) is 0 Å². The van der Waals surface area contributed by atoms with Crippen LogP contribution in [0.15, 0.2) is 12.2 Å². The van der Waals surface area contributed by atoms with Crippen LogP contribution in [0.25, 0.3) is 0 Å². The average molecular weight is 1550 g/mol. The minimum Gasteiger partial charge on any atom is -0.377 e. The van der Waals surface area contributed by atoms with Crippen molar-refractivity contribution in [2.75, 3.05) is 82.1 Å². The Morgan fingerprint density at radius 1 is 0.670 bits per heavy atom. The molecular formula is C79H125F5N12O13. The van der Waals surface area contributed by atoms with E-state index in [9.17, 15) is 22.8 Å². The molecular weight excluding hydrogens is 1420 g/mol. The number of amides is 12. The van der Waals surface area contributed by atoms with Gasteiger partial charge in [-0.1, -0.05) is 106 Å². The number of nitrogens with zero attached hydrogens (tertiary/aromatic N) is 9. The highest BCUT2D eigenvalue weighted by atomic mass is 19.4. The Kier molecular flexibility index (Phi) is 29.8. The first kappa shape index (κ1) is 87.6. The van der Waals surface area contributed by atoms with Crippen LogP contribution in [0.5, 0.6) is 0 Å². The summed E-state index contributed by atoms with van der Waals surface area (Å²) in [6, 6.07) is -11.0. The minimum absolute atomic E-state index is 0.0260. The highest BCUT2D eigenvalue weighted by Crippen LogP contribution is 2.50. The van der Waals surface area contributed by atoms with Crippen LogP contribution in [0.4, 0.5) is 22.0 Å². The topological polar surface area (TPSA) is 279 Å². The van der Waals surface area contributed by atoms with Gasteiger partial charge in [-0.2, -0.15) is 13.2 Å². The smallest absolute Gasteiger partial charge is 0.377 e. The number of hydrogen-bond acceptors (Lipinski definition) is 13. The summed E-state index contributed by atoms with van der Waals surface area (Å²) in [7, 11) is 10.0. The van der Waals surface area contributed by atoms with Gasteiger partial charge in [0.15, 0.2) is 0 Å². The second-order valence-corrected chi connectivity index (χ2v) is 34.7. The third-order valence-corrected chi connectivity index (χ3v) is 24.9. The molecule has 8 aliphatic rings. The summed E-state index contributed by atoms with van der Waals surface area (Å²) in [5, 5.41) is 8.76. The Labute approximate surface area is 641 Å². The molecule has 0 aromatic heterocycles. The molecule has 7 fully saturated rings. The molecule has 109 heavy (non-hydrogen) atoms. The molecule has 2 saturated heterocycles. The summed E-state index contributed by atoms with van der Waals surface area (Å²) >= 11 is 0. The number of halogens is 5. The Balaban J connectivity index is 1.22. The van der Waals surface area contributed by atoms with Gasteiger partial charge in [-0.25, -0.2) is 8.78 Å². The van der Waals surface area contributed by atoms with Crippen molar-refractivity contribution in [3.8, 4) is 0 Å². The van der Waals surface area contributed by atoms with Gasteiger partial charge in [0.25, 0.3) is 0 Å². The van der Waals surface area contributed by atoms with Gasteiger partial charge < -0.3 is 64.8 Å². The summed E-state index contributed by atoms with van der Waals surface area (Å²) in [5.41, 5.74) is -2.28. The zero-order chi connectivity index (χ0) is 80.6. The number of fused-ring (bicyclic) bond motifs is 3. The first-order chi connectivity index (χ1) is 51.1. The average Bonchev–Trinajstić information content (AvgIpc) is 1.43. The molecule has 5 aliphatic carbocycles. The summed E-state index contributed by atoms with van der Waals surface area (Å²) in [6.07, 6.45) is -2.61. The quantitative estimate of drug-likeness (QED) is 0.117. The van der Waals surface area contributed by atoms with Gasteiger partial charge in [0.05, 0.1) is 19.1 Å². The van der Waals surface area contributed by atoms with E-state index < -0.39 is 223 Å². The molecule has 2 unspecified atom stereocenters. The maximum atomic E-state index is 15.8. The Bertz CT molecular complexity index is 3290. The standard InChI is InChI=1S/C79H125F5N12O13/c1-16-48(6)66-74(106)95(52-31-32-52)43-64(99)90(12)57-25-19-18-22-34-94(73(57)105)61(38-49-28-26-47(5)27-29-49)72(104)89(11)42-62(97)85-56(33-30-50-36-54(80)65(55(81)37-50)79(82,83)84)70(102)96-41-53(109-17-2)39-59(96)69(101)87-78(44-77(7,8)45-78)76(108)93(15)67(51-23-20-21-24-51)75(107)92(14)60(71(103)88(9)10)40-63(98)91(13)58(35-46(3)4)68(100)86-66/h18-19,46-61,65-67H,16-17,20-45H2,1-15H3,(H,85,97)(H,86,100)(H,87,101)/b19-18-/t47?,48-,49?,50?,53+,54?,55?,56-,57-,58-,59-,60-,61-,65?,66-,67-/m0/s1. The van der Waals surface area contributed by atoms with E-state index in [0.717, 1.165) is 30.6 Å². The van der Waals surface area contributed by atoms with Crippen LogP contribution in [0.3, 0.4) is 0 Å². The number of likely N-dealkylation sites (N-methyl/N-ethyl adjacent to an activating group) is 6. The van der Waals surface area contributed by atoms with Crippen LogP contribution in [0.2, 0.25) is 0 Å². The summed E-state index contributed by atoms with van der Waals surface area (Å²) in [5.74, 6) is -13.0. The lowest BCUT2D eigenvalue weighted by Crippen LogP contribution is -2.71. The molecule has 12 amide bonds. The maximum absolute atomic E-state index is 15.8. The Hall–Kier alpha value is -7.01. The summed E-state index contributed by atoms with van der Waals surface area (Å²) in [4.78, 5) is 195. The van der Waals surface area contributed by atoms with Crippen LogP contribution in [-0.4, -0.2) is 282 Å². The lowest BCUT2D eigenvalue weighted by atomic mass is 9.58. The third kappa shape index (κ3) is 21.2. The molecule has 2 bridgehead atoms. The van der Waals surface area contributed by atoms with Crippen LogP contribution in [-0.2, 0) is 62.3 Å². The zero-order valence-electron chi connectivity index (χ0n) is 67.1. The van der Waals surface area contributed by atoms with E-state index in [1.165, 1.54) is 88.5 Å². The number of carbonyl (C=O) groups is 12. The molecule has 3 N–H and O–H groups in total. The summed E-state index contributed by atoms with van der Waals surface area (Å²) in [6.45, 7) is 13.7. The van der Waals surface area contributed by atoms with Crippen molar-refractivity contribution in [2.24, 2.45) is 46.8 Å². The van der Waals surface area contributed by atoms with Crippen molar-refractivity contribution >= 4 is 70.9 Å². The molecule has 8 rings (SSSR count). The van der Waals surface area contributed by atoms with E-state index >= 15 is 56.7 Å². The first-order valence-corrected chi connectivity index (χ1v) is 40.1. The van der Waals surface area contributed by atoms with E-state index in [-0.39, 0.29) is 76.5 Å². The lowest BCUT2D eigenvalue weighted by molar-refractivity contribution is -0.219. The van der Waals surface area contributed by atoms with E-state index in [2.05, 4.69) is 22.9 Å². The molecule has 614 valence electrons. The maximum Gasteiger partial charge on any atom is 0.397 e. The first-order valence-electron chi connectivity index (χ1n) is 40.1. The normalized spacial score (nSPS) is 32.8. The van der Waals surface area contributed by atoms with Crippen LogP contribution in [0.1, 0.15) is 203 Å². The van der Waals surface area contributed by atoms with E-state index in [1.807, 2.05) is 40.7 Å². The van der Waals surface area contributed by atoms with E-state index in [1.54, 1.807) is 19.9 Å². The monoisotopic (exact) mass is 1540 g/mol. The Morgan fingerprint density at radius 2 is 1.30 bits per heavy atom. The van der Waals surface area contributed by atoms with Crippen LogP contribution < -0.4 is 16.0 Å². The summed E-state index contributed by atoms with van der Waals surface area (Å²) < 4.78 is 79.3. The van der Waals surface area contributed by atoms with Crippen molar-refractivity contribution < 1.29 is 84.2 Å². The minimum atomic E-state index is -5.18. The number of ether oxygens (including phenoxy) is 1. The molecule has 3 heterocycles. The molecule has 1 spiro atoms. The fourth-order valence-corrected chi connectivity index (χ4v) is 18.4. The van der Waals surface area contributed by atoms with E-state index in [4.69, 9.17) is 4.74 Å². The highest BCUT2D eigenvalue weighted by Gasteiger charge is 2.60. The van der Waals surface area contributed by atoms with Crippen LogP contribution >= 0.6 is 0 Å². The van der Waals surface area contributed by atoms with Gasteiger partial charge in [0, 0.05) is 81.5 Å². The molecule has 5 saturated carbocycles. The predicted molar refractivity (Wildman–Crippen MR) is 397 cm³/mol. The molecule has 12 atom stereocenters. The number of hydrogen-bond donors (Lipinski definition) is 3. The van der Waals surface area contributed by atoms with Crippen molar-refractivity contribution in [3.05, 3.63) is 12.2 Å². The SMILES string of the molecule is CCO[C@@H]1C[C@H]2C(=O)NC3(CC(C)(C)C3)C(=O)N(C)[C@@H](C3CCCC3)C(=O)N(C)[C@H](C(=O)N(C)C)CC(=O)N(C)[C@@H](CC(C)C)C(=O)N[C@@H]([C@@H](C)CC)C(=O)N(C3CC3)CC(=O)N(C)[C@H]3C/C=C\CCN(C3=O)[C@@H](CC3CCC(C)CC3)C(=O)N(C)CC(=O)N[C@@H](CCC3CC(F)C(C(F)(F)F)C(F)C3)C(=O)N2C1. The zero-order valence-corrected chi connectivity index (χ0v) is 67.1. The second-order valence-electron chi connectivity index (χ2n) is 34.7. The number of nitrogens with one attached hydrogen (secondary N) is 3. The van der Waals surface area contributed by atoms with Crippen molar-refractivity contribution in [3.63, 3.8) is 0 Å². The van der Waals surface area contributed by atoms with Gasteiger partial charge in [-0.15, -0.1) is 0 Å². The number of rotatable bonds is 14. The molecule has 25 nitrogen and oxygen atoms in total. The number of carbonyl (C=O) groups excluding carboxylic acids is 12. The fourth-order valence-electron chi connectivity index (χ4n) is 18.4.